The van der Waals surface area contributed by atoms with Gasteiger partial charge in [0.25, 0.3) is 0 Å². The molecule has 0 bridgehead atoms. The lowest BCUT2D eigenvalue weighted by molar-refractivity contribution is -0.139. The van der Waals surface area contributed by atoms with Gasteiger partial charge in [-0.3, -0.25) is 9.59 Å². The van der Waals surface area contributed by atoms with E-state index in [0.29, 0.717) is 13.0 Å². The fourth-order valence-electron chi connectivity index (χ4n) is 2.82. The Morgan fingerprint density at radius 3 is 2.36 bits per heavy atom. The Hall–Kier alpha value is -2.34. The normalized spacial score (nSPS) is 11.7. The van der Waals surface area contributed by atoms with Crippen molar-refractivity contribution in [3.63, 3.8) is 0 Å². The van der Waals surface area contributed by atoms with Crippen LogP contribution in [0.2, 0.25) is 0 Å². The minimum Gasteiger partial charge on any atom is -0.354 e. The SMILES string of the molecule is CCCNC(=O)[C@H](CC)N(Cc1ccc(F)cc1)C(=O)CSc1ccccc1. The third kappa shape index (κ3) is 6.68. The maximum atomic E-state index is 13.2. The fourth-order valence-corrected chi connectivity index (χ4v) is 3.62. The number of nitrogens with zero attached hydrogens (tertiary/aromatic N) is 1. The van der Waals surface area contributed by atoms with E-state index in [1.54, 1.807) is 17.0 Å². The summed E-state index contributed by atoms with van der Waals surface area (Å²) < 4.78 is 13.2. The van der Waals surface area contributed by atoms with Crippen LogP contribution >= 0.6 is 11.8 Å². The summed E-state index contributed by atoms with van der Waals surface area (Å²) >= 11 is 1.44. The van der Waals surface area contributed by atoms with Crippen LogP contribution in [0, 0.1) is 5.82 Å². The Kier molecular flexibility index (Phi) is 9.01. The maximum Gasteiger partial charge on any atom is 0.242 e. The highest BCUT2D eigenvalue weighted by atomic mass is 32.2. The van der Waals surface area contributed by atoms with Gasteiger partial charge in [0, 0.05) is 18.0 Å². The monoisotopic (exact) mass is 402 g/mol. The summed E-state index contributed by atoms with van der Waals surface area (Å²) in [6.07, 6.45) is 1.34. The lowest BCUT2D eigenvalue weighted by Gasteiger charge is -2.30. The predicted molar refractivity (Wildman–Crippen MR) is 111 cm³/mol. The molecule has 6 heteroatoms. The van der Waals surface area contributed by atoms with Gasteiger partial charge in [0.05, 0.1) is 5.75 Å². The molecular formula is C22H27FN2O2S. The number of carbonyl (C=O) groups excluding carboxylic acids is 2. The molecule has 1 atom stereocenters. The minimum atomic E-state index is -0.555. The lowest BCUT2D eigenvalue weighted by atomic mass is 10.1. The molecule has 0 radical (unpaired) electrons. The third-order valence-corrected chi connectivity index (χ3v) is 5.30. The van der Waals surface area contributed by atoms with Crippen LogP contribution in [0.5, 0.6) is 0 Å². The van der Waals surface area contributed by atoms with Crippen LogP contribution in [0.4, 0.5) is 4.39 Å². The van der Waals surface area contributed by atoms with Gasteiger partial charge < -0.3 is 10.2 Å². The van der Waals surface area contributed by atoms with Crippen molar-refractivity contribution < 1.29 is 14.0 Å². The van der Waals surface area contributed by atoms with Gasteiger partial charge in [0.1, 0.15) is 11.9 Å². The molecule has 0 unspecified atom stereocenters. The van der Waals surface area contributed by atoms with Gasteiger partial charge in [-0.2, -0.15) is 0 Å². The van der Waals surface area contributed by atoms with Crippen LogP contribution in [-0.2, 0) is 16.1 Å². The van der Waals surface area contributed by atoms with Crippen molar-refractivity contribution in [2.45, 2.75) is 44.2 Å². The molecule has 2 rings (SSSR count). The van der Waals surface area contributed by atoms with E-state index in [-0.39, 0.29) is 29.9 Å². The quantitative estimate of drug-likeness (QED) is 0.605. The van der Waals surface area contributed by atoms with E-state index in [4.69, 9.17) is 0 Å². The van der Waals surface area contributed by atoms with E-state index in [1.165, 1.54) is 23.9 Å². The first-order valence-corrected chi connectivity index (χ1v) is 10.5. The topological polar surface area (TPSA) is 49.4 Å². The van der Waals surface area contributed by atoms with Gasteiger partial charge in [-0.05, 0) is 42.7 Å². The molecule has 0 aliphatic carbocycles. The van der Waals surface area contributed by atoms with Crippen molar-refractivity contribution in [2.24, 2.45) is 0 Å². The number of thioether (sulfide) groups is 1. The minimum absolute atomic E-state index is 0.114. The average molecular weight is 403 g/mol. The molecule has 0 spiro atoms. The number of amides is 2. The molecule has 0 fully saturated rings. The number of halogens is 1. The molecule has 150 valence electrons. The maximum absolute atomic E-state index is 13.2. The summed E-state index contributed by atoms with van der Waals surface area (Å²) in [5.41, 5.74) is 0.793. The van der Waals surface area contributed by atoms with E-state index >= 15 is 0 Å². The number of nitrogens with one attached hydrogen (secondary N) is 1. The van der Waals surface area contributed by atoms with Crippen LogP contribution in [0.1, 0.15) is 32.3 Å². The van der Waals surface area contributed by atoms with Gasteiger partial charge >= 0.3 is 0 Å². The van der Waals surface area contributed by atoms with Crippen LogP contribution in [-0.4, -0.2) is 35.1 Å². The van der Waals surface area contributed by atoms with Crippen molar-refractivity contribution >= 4 is 23.6 Å². The van der Waals surface area contributed by atoms with E-state index in [2.05, 4.69) is 5.32 Å². The summed E-state index contributed by atoms with van der Waals surface area (Å²) in [5.74, 6) is -0.349. The van der Waals surface area contributed by atoms with Crippen LogP contribution in [0.25, 0.3) is 0 Å². The molecule has 0 aliphatic heterocycles. The number of benzene rings is 2. The van der Waals surface area contributed by atoms with Crippen molar-refractivity contribution in [2.75, 3.05) is 12.3 Å². The van der Waals surface area contributed by atoms with E-state index < -0.39 is 6.04 Å². The van der Waals surface area contributed by atoms with Gasteiger partial charge in [0.15, 0.2) is 0 Å². The van der Waals surface area contributed by atoms with Crippen molar-refractivity contribution in [1.29, 1.82) is 0 Å². The molecule has 0 heterocycles. The standard InChI is InChI=1S/C22H27FN2O2S/c1-3-14-24-22(27)20(4-2)25(15-17-10-12-18(23)13-11-17)21(26)16-28-19-8-6-5-7-9-19/h5-13,20H,3-4,14-16H2,1-2H3,(H,24,27)/t20-/m0/s1. The lowest BCUT2D eigenvalue weighted by Crippen LogP contribution is -2.49. The zero-order valence-electron chi connectivity index (χ0n) is 16.4. The predicted octanol–water partition coefficient (Wildman–Crippen LogP) is 4.25. The van der Waals surface area contributed by atoms with Crippen LogP contribution in [0.3, 0.4) is 0 Å². The molecule has 2 amide bonds. The fraction of sp³-hybridized carbons (Fsp3) is 0.364. The average Bonchev–Trinajstić information content (AvgIpc) is 2.72. The third-order valence-electron chi connectivity index (χ3n) is 4.31. The Bertz CT molecular complexity index is 753. The second kappa shape index (κ2) is 11.5. The first kappa shape index (κ1) is 22.0. The molecule has 0 aromatic heterocycles. The Balaban J connectivity index is 2.16. The van der Waals surface area contributed by atoms with Crippen molar-refractivity contribution in [3.05, 3.63) is 66.0 Å². The van der Waals surface area contributed by atoms with Crippen molar-refractivity contribution in [1.82, 2.24) is 10.2 Å². The Labute approximate surface area is 170 Å². The van der Waals surface area contributed by atoms with E-state index in [1.807, 2.05) is 44.2 Å². The first-order valence-electron chi connectivity index (χ1n) is 9.54. The van der Waals surface area contributed by atoms with Crippen LogP contribution < -0.4 is 5.32 Å². The molecule has 4 nitrogen and oxygen atoms in total. The highest BCUT2D eigenvalue weighted by Crippen LogP contribution is 2.20. The molecule has 1 N–H and O–H groups in total. The highest BCUT2D eigenvalue weighted by Gasteiger charge is 2.28. The number of carbonyl (C=O) groups is 2. The zero-order valence-corrected chi connectivity index (χ0v) is 17.2. The number of hydrogen-bond donors (Lipinski definition) is 1. The molecule has 2 aromatic rings. The highest BCUT2D eigenvalue weighted by molar-refractivity contribution is 8.00. The van der Waals surface area contributed by atoms with Crippen molar-refractivity contribution in [3.8, 4) is 0 Å². The second-order valence-corrected chi connectivity index (χ2v) is 7.51. The van der Waals surface area contributed by atoms with Gasteiger partial charge in [-0.15, -0.1) is 11.8 Å². The Morgan fingerprint density at radius 2 is 1.75 bits per heavy atom. The molecule has 28 heavy (non-hydrogen) atoms. The van der Waals surface area contributed by atoms with E-state index in [0.717, 1.165) is 16.9 Å². The largest absolute Gasteiger partial charge is 0.354 e. The second-order valence-electron chi connectivity index (χ2n) is 6.46. The molecule has 0 saturated heterocycles. The van der Waals surface area contributed by atoms with Gasteiger partial charge in [0.2, 0.25) is 11.8 Å². The number of hydrogen-bond acceptors (Lipinski definition) is 3. The number of rotatable bonds is 10. The van der Waals surface area contributed by atoms with E-state index in [9.17, 15) is 14.0 Å². The van der Waals surface area contributed by atoms with Crippen LogP contribution in [0.15, 0.2) is 59.5 Å². The van der Waals surface area contributed by atoms with Gasteiger partial charge in [-0.1, -0.05) is 44.2 Å². The zero-order chi connectivity index (χ0) is 20.4. The molecular weight excluding hydrogens is 375 g/mol. The Morgan fingerprint density at radius 1 is 1.07 bits per heavy atom. The summed E-state index contributed by atoms with van der Waals surface area (Å²) in [7, 11) is 0. The summed E-state index contributed by atoms with van der Waals surface area (Å²) in [6, 6.07) is 15.2. The smallest absolute Gasteiger partial charge is 0.242 e. The summed E-state index contributed by atoms with van der Waals surface area (Å²) in [6.45, 7) is 4.73. The summed E-state index contributed by atoms with van der Waals surface area (Å²) in [4.78, 5) is 28.2. The van der Waals surface area contributed by atoms with Gasteiger partial charge in [-0.25, -0.2) is 4.39 Å². The molecule has 0 saturated carbocycles. The molecule has 2 aromatic carbocycles. The molecule has 0 aliphatic rings. The summed E-state index contributed by atoms with van der Waals surface area (Å²) in [5, 5.41) is 2.89. The first-order chi connectivity index (χ1) is 13.5.